The Bertz CT molecular complexity index is 1210. The molecule has 1 unspecified atom stereocenters. The van der Waals surface area contributed by atoms with Crippen LogP contribution in [0.15, 0.2) is 60.9 Å². The third kappa shape index (κ3) is 4.21. The maximum Gasteiger partial charge on any atom is 0.359 e. The SMILES string of the molecule is COC(=O)c1ncn2c1C(=O)N(Cc1ccccc1Cl)C(C)(C(=O)NCc1ccccc1)C2. The zero-order valence-corrected chi connectivity index (χ0v) is 19.0. The maximum absolute atomic E-state index is 13.7. The maximum atomic E-state index is 13.7. The topological polar surface area (TPSA) is 93.5 Å². The molecule has 9 heteroatoms. The number of esters is 1. The number of fused-ring (bicyclic) bond motifs is 1. The number of nitrogens with zero attached hydrogens (tertiary/aromatic N) is 3. The zero-order chi connectivity index (χ0) is 23.6. The summed E-state index contributed by atoms with van der Waals surface area (Å²) in [7, 11) is 1.23. The second-order valence-corrected chi connectivity index (χ2v) is 8.39. The number of ether oxygens (including phenoxy) is 1. The van der Waals surface area contributed by atoms with E-state index in [0.717, 1.165) is 5.56 Å². The molecule has 0 spiro atoms. The van der Waals surface area contributed by atoms with Gasteiger partial charge in [-0.05, 0) is 24.1 Å². The Hall–Kier alpha value is -3.65. The number of methoxy groups -OCH3 is 1. The molecular weight excluding hydrogens is 444 g/mol. The van der Waals surface area contributed by atoms with Crippen LogP contribution >= 0.6 is 11.6 Å². The number of carbonyl (C=O) groups excluding carboxylic acids is 3. The van der Waals surface area contributed by atoms with E-state index in [1.807, 2.05) is 36.4 Å². The fraction of sp³-hybridized carbons (Fsp3) is 0.250. The summed E-state index contributed by atoms with van der Waals surface area (Å²) in [6.45, 7) is 2.21. The van der Waals surface area contributed by atoms with Crippen LogP contribution in [0.3, 0.4) is 0 Å². The number of imidazole rings is 1. The van der Waals surface area contributed by atoms with E-state index in [1.165, 1.54) is 22.9 Å². The van der Waals surface area contributed by atoms with Gasteiger partial charge in [0.15, 0.2) is 5.69 Å². The number of amides is 2. The fourth-order valence-corrected chi connectivity index (χ4v) is 4.14. The molecule has 1 atom stereocenters. The van der Waals surface area contributed by atoms with Crippen LogP contribution in [0, 0.1) is 0 Å². The van der Waals surface area contributed by atoms with Crippen molar-refractivity contribution < 1.29 is 19.1 Å². The van der Waals surface area contributed by atoms with Gasteiger partial charge in [-0.2, -0.15) is 0 Å². The van der Waals surface area contributed by atoms with Gasteiger partial charge in [-0.25, -0.2) is 9.78 Å². The Morgan fingerprint density at radius 2 is 1.85 bits per heavy atom. The highest BCUT2D eigenvalue weighted by Gasteiger charge is 2.49. The predicted octanol–water partition coefficient (Wildman–Crippen LogP) is 3.05. The third-order valence-electron chi connectivity index (χ3n) is 5.81. The van der Waals surface area contributed by atoms with Gasteiger partial charge in [0, 0.05) is 18.1 Å². The first-order valence-corrected chi connectivity index (χ1v) is 10.7. The number of aromatic nitrogens is 2. The van der Waals surface area contributed by atoms with Crippen LogP contribution < -0.4 is 5.32 Å². The minimum absolute atomic E-state index is 0.0829. The van der Waals surface area contributed by atoms with E-state index in [2.05, 4.69) is 10.3 Å². The summed E-state index contributed by atoms with van der Waals surface area (Å²) in [5.74, 6) is -1.55. The average molecular weight is 467 g/mol. The Kier molecular flexibility index (Phi) is 6.20. The van der Waals surface area contributed by atoms with Gasteiger partial charge >= 0.3 is 5.97 Å². The molecule has 1 aliphatic rings. The van der Waals surface area contributed by atoms with Gasteiger partial charge in [-0.1, -0.05) is 60.1 Å². The summed E-state index contributed by atoms with van der Waals surface area (Å²) in [5.41, 5.74) is 0.361. The second-order valence-electron chi connectivity index (χ2n) is 7.99. The highest BCUT2D eigenvalue weighted by atomic mass is 35.5. The van der Waals surface area contributed by atoms with Crippen LogP contribution in [0.25, 0.3) is 0 Å². The van der Waals surface area contributed by atoms with E-state index < -0.39 is 17.4 Å². The van der Waals surface area contributed by atoms with Crippen LogP contribution in [0.2, 0.25) is 5.02 Å². The van der Waals surface area contributed by atoms with Crippen LogP contribution in [-0.4, -0.2) is 44.9 Å². The van der Waals surface area contributed by atoms with Crippen molar-refractivity contribution in [2.24, 2.45) is 0 Å². The molecule has 2 heterocycles. The average Bonchev–Trinajstić information content (AvgIpc) is 3.25. The predicted molar refractivity (Wildman–Crippen MR) is 122 cm³/mol. The number of hydrogen-bond donors (Lipinski definition) is 1. The van der Waals surface area contributed by atoms with E-state index in [4.69, 9.17) is 16.3 Å². The Morgan fingerprint density at radius 3 is 2.55 bits per heavy atom. The van der Waals surface area contributed by atoms with Crippen molar-refractivity contribution in [3.63, 3.8) is 0 Å². The van der Waals surface area contributed by atoms with E-state index >= 15 is 0 Å². The molecule has 4 rings (SSSR count). The Labute approximate surface area is 196 Å². The Morgan fingerprint density at radius 1 is 1.15 bits per heavy atom. The van der Waals surface area contributed by atoms with E-state index in [9.17, 15) is 14.4 Å². The standard InChI is InChI=1S/C24H23ClN4O4/c1-24(23(32)26-12-16-8-4-3-5-9-16)14-28-15-27-19(22(31)33-2)20(28)21(30)29(24)13-17-10-6-7-11-18(17)25/h3-11,15H,12-14H2,1-2H3,(H,26,32). The van der Waals surface area contributed by atoms with Gasteiger partial charge in [0.1, 0.15) is 11.2 Å². The molecule has 170 valence electrons. The third-order valence-corrected chi connectivity index (χ3v) is 6.18. The number of carbonyl (C=O) groups is 3. The van der Waals surface area contributed by atoms with Gasteiger partial charge < -0.3 is 19.5 Å². The first-order valence-electron chi connectivity index (χ1n) is 10.4. The van der Waals surface area contributed by atoms with Crippen molar-refractivity contribution in [1.82, 2.24) is 19.8 Å². The summed E-state index contributed by atoms with van der Waals surface area (Å²) >= 11 is 6.36. The molecule has 8 nitrogen and oxygen atoms in total. The van der Waals surface area contributed by atoms with Gasteiger partial charge in [-0.3, -0.25) is 9.59 Å². The van der Waals surface area contributed by atoms with Crippen LogP contribution in [-0.2, 0) is 29.2 Å². The lowest BCUT2D eigenvalue weighted by molar-refractivity contribution is -0.133. The highest BCUT2D eigenvalue weighted by molar-refractivity contribution is 6.31. The normalized spacial score (nSPS) is 17.4. The molecule has 0 saturated heterocycles. The minimum atomic E-state index is -1.26. The van der Waals surface area contributed by atoms with Crippen LogP contribution in [0.1, 0.15) is 39.0 Å². The summed E-state index contributed by atoms with van der Waals surface area (Å²) in [6, 6.07) is 16.6. The molecule has 0 aliphatic carbocycles. The Balaban J connectivity index is 1.71. The highest BCUT2D eigenvalue weighted by Crippen LogP contribution is 2.32. The number of halogens is 1. The van der Waals surface area contributed by atoms with Crippen molar-refractivity contribution in [1.29, 1.82) is 0 Å². The lowest BCUT2D eigenvalue weighted by Gasteiger charge is -2.43. The van der Waals surface area contributed by atoms with Gasteiger partial charge in [0.05, 0.1) is 20.0 Å². The lowest BCUT2D eigenvalue weighted by atomic mass is 9.93. The number of hydrogen-bond acceptors (Lipinski definition) is 5. The van der Waals surface area contributed by atoms with Gasteiger partial charge in [0.2, 0.25) is 5.91 Å². The van der Waals surface area contributed by atoms with Crippen LogP contribution in [0.4, 0.5) is 0 Å². The molecule has 0 fully saturated rings. The van der Waals surface area contributed by atoms with Gasteiger partial charge in [-0.15, -0.1) is 0 Å². The molecule has 33 heavy (non-hydrogen) atoms. The molecule has 1 N–H and O–H groups in total. The summed E-state index contributed by atoms with van der Waals surface area (Å²) in [4.78, 5) is 44.8. The minimum Gasteiger partial charge on any atom is -0.464 e. The van der Waals surface area contributed by atoms with Crippen molar-refractivity contribution in [3.05, 3.63) is 88.5 Å². The fourth-order valence-electron chi connectivity index (χ4n) is 3.95. The molecule has 1 aromatic heterocycles. The van der Waals surface area contributed by atoms with Crippen LogP contribution in [0.5, 0.6) is 0 Å². The molecule has 0 bridgehead atoms. The van der Waals surface area contributed by atoms with E-state index in [-0.39, 0.29) is 30.4 Å². The van der Waals surface area contributed by atoms with E-state index in [1.54, 1.807) is 25.1 Å². The number of rotatable bonds is 6. The second kappa shape index (κ2) is 9.07. The molecule has 0 saturated carbocycles. The monoisotopic (exact) mass is 466 g/mol. The number of benzene rings is 2. The van der Waals surface area contributed by atoms with E-state index in [0.29, 0.717) is 17.1 Å². The van der Waals surface area contributed by atoms with Crippen molar-refractivity contribution in [2.45, 2.75) is 32.1 Å². The molecule has 2 amide bonds. The summed E-state index contributed by atoms with van der Waals surface area (Å²) in [6.07, 6.45) is 1.38. The zero-order valence-electron chi connectivity index (χ0n) is 18.2. The lowest BCUT2D eigenvalue weighted by Crippen LogP contribution is -2.63. The molecular formula is C24H23ClN4O4. The summed E-state index contributed by atoms with van der Waals surface area (Å²) < 4.78 is 6.31. The molecule has 1 aliphatic heterocycles. The smallest absolute Gasteiger partial charge is 0.359 e. The summed E-state index contributed by atoms with van der Waals surface area (Å²) in [5, 5.41) is 3.42. The van der Waals surface area contributed by atoms with Crippen molar-refractivity contribution in [2.75, 3.05) is 7.11 Å². The van der Waals surface area contributed by atoms with Crippen molar-refractivity contribution >= 4 is 29.4 Å². The molecule has 0 radical (unpaired) electrons. The number of nitrogens with one attached hydrogen (secondary N) is 1. The first kappa shape index (κ1) is 22.5. The van der Waals surface area contributed by atoms with Gasteiger partial charge in [0.25, 0.3) is 5.91 Å². The molecule has 3 aromatic rings. The molecule has 2 aromatic carbocycles. The van der Waals surface area contributed by atoms with Crippen molar-refractivity contribution in [3.8, 4) is 0 Å². The first-order chi connectivity index (χ1) is 15.8. The quantitative estimate of drug-likeness (QED) is 0.563. The largest absolute Gasteiger partial charge is 0.464 e.